The Balaban J connectivity index is 4.05. The molecule has 0 aromatic rings. The van der Waals surface area contributed by atoms with E-state index >= 15 is 0 Å². The molecule has 0 aromatic carbocycles. The van der Waals surface area contributed by atoms with Crippen LogP contribution in [0.2, 0.25) is 10.0 Å². The van der Waals surface area contributed by atoms with Crippen molar-refractivity contribution < 1.29 is 36.3 Å². The first-order valence-corrected chi connectivity index (χ1v) is 11.6. The van der Waals surface area contributed by atoms with Crippen molar-refractivity contribution in [2.24, 2.45) is 10.8 Å². The van der Waals surface area contributed by atoms with Gasteiger partial charge < -0.3 is 0 Å². The molecule has 0 spiro atoms. The minimum atomic E-state index is -1.31. The van der Waals surface area contributed by atoms with Crippen LogP contribution in [0.5, 0.6) is 0 Å². The van der Waals surface area contributed by atoms with Gasteiger partial charge in [0.2, 0.25) is 0 Å². The average Bonchev–Trinajstić information content (AvgIpc) is 2.25. The summed E-state index contributed by atoms with van der Waals surface area (Å²) in [4.78, 5) is 46.9. The van der Waals surface area contributed by atoms with Crippen LogP contribution < -0.4 is 0 Å². The summed E-state index contributed by atoms with van der Waals surface area (Å²) in [6.45, 7) is 10.8. The van der Waals surface area contributed by atoms with E-state index in [1.807, 2.05) is 0 Å². The van der Waals surface area contributed by atoms with Gasteiger partial charge in [-0.15, -0.1) is 0 Å². The molecular weight excluding hydrogens is 322 g/mol. The third-order valence-corrected chi connectivity index (χ3v) is 7.12. The van der Waals surface area contributed by atoms with Crippen molar-refractivity contribution in [2.75, 3.05) is 0 Å². The van der Waals surface area contributed by atoms with Crippen LogP contribution in [0.25, 0.3) is 0 Å². The van der Waals surface area contributed by atoms with Crippen LogP contribution in [0.15, 0.2) is 0 Å². The van der Waals surface area contributed by atoms with Gasteiger partial charge in [-0.2, -0.15) is 0 Å². The van der Waals surface area contributed by atoms with Crippen LogP contribution in [-0.4, -0.2) is 23.1 Å². The molecule has 0 N–H and O–H groups in total. The van der Waals surface area contributed by atoms with Crippen molar-refractivity contribution >= 4 is 23.1 Å². The summed E-state index contributed by atoms with van der Waals surface area (Å²) in [5, 5.41) is 0.814. The number of hydrogen-bond acceptors (Lipinski definition) is 4. The summed E-state index contributed by atoms with van der Waals surface area (Å²) < 4.78 is 0. The summed E-state index contributed by atoms with van der Waals surface area (Å²) in [5.41, 5.74) is -0.977. The van der Waals surface area contributed by atoms with Gasteiger partial charge in [0.05, 0.1) is 0 Å². The van der Waals surface area contributed by atoms with E-state index in [2.05, 4.69) is 0 Å². The number of rotatable bonds is 8. The standard InChI is InChI=1S/2C8H13O2.Zn/c2*1-6(9)5-7(10)8(2,3)4;/h2*1,5H2,2-4H3;. The Morgan fingerprint density at radius 2 is 0.952 bits per heavy atom. The molecule has 116 valence electrons. The van der Waals surface area contributed by atoms with Crippen molar-refractivity contribution in [1.29, 1.82) is 0 Å². The topological polar surface area (TPSA) is 68.3 Å². The van der Waals surface area contributed by atoms with Crippen LogP contribution in [0.3, 0.4) is 0 Å². The molecule has 0 saturated heterocycles. The molecule has 0 radical (unpaired) electrons. The van der Waals surface area contributed by atoms with Gasteiger partial charge in [-0.25, -0.2) is 0 Å². The fourth-order valence-corrected chi connectivity index (χ4v) is 4.32. The SMILES string of the molecule is CC(C)(C)C(=O)CC(=O)[CH2][Zn][CH2]C(=O)CC(=O)C(C)(C)C. The predicted molar refractivity (Wildman–Crippen MR) is 77.8 cm³/mol. The third kappa shape index (κ3) is 9.03. The van der Waals surface area contributed by atoms with Crippen LogP contribution in [0.4, 0.5) is 0 Å². The third-order valence-electron chi connectivity index (χ3n) is 3.30. The molecule has 0 aliphatic carbocycles. The Kier molecular flexibility index (Phi) is 7.80. The first-order valence-electron chi connectivity index (χ1n) is 7.44. The Hall–Kier alpha value is -0.697. The molecule has 0 rings (SSSR count). The number of carbonyl (C=O) groups excluding carboxylic acids is 4. The maximum absolute atomic E-state index is 11.7. The molecule has 0 bridgehead atoms. The van der Waals surface area contributed by atoms with Gasteiger partial charge >= 0.3 is 135 Å². The van der Waals surface area contributed by atoms with E-state index in [1.165, 1.54) is 0 Å². The molecular formula is C16H26O4Zn. The number of Topliss-reactive ketones (excluding diaryl/α,β-unsaturated/α-hetero) is 4. The van der Waals surface area contributed by atoms with E-state index in [9.17, 15) is 19.2 Å². The van der Waals surface area contributed by atoms with Gasteiger partial charge in [-0.3, -0.25) is 0 Å². The molecule has 0 heterocycles. The molecule has 4 nitrogen and oxygen atoms in total. The zero-order valence-electron chi connectivity index (χ0n) is 14.2. The second-order valence-corrected chi connectivity index (χ2v) is 11.2. The van der Waals surface area contributed by atoms with Gasteiger partial charge in [0.25, 0.3) is 0 Å². The van der Waals surface area contributed by atoms with Crippen LogP contribution in [-0.2, 0) is 36.3 Å². The van der Waals surface area contributed by atoms with Crippen molar-refractivity contribution in [3.05, 3.63) is 0 Å². The van der Waals surface area contributed by atoms with Gasteiger partial charge in [0.1, 0.15) is 0 Å². The van der Waals surface area contributed by atoms with Crippen LogP contribution in [0.1, 0.15) is 54.4 Å². The van der Waals surface area contributed by atoms with Crippen molar-refractivity contribution in [3.8, 4) is 0 Å². The second-order valence-electron chi connectivity index (χ2n) is 7.63. The fourth-order valence-electron chi connectivity index (χ4n) is 1.55. The van der Waals surface area contributed by atoms with Gasteiger partial charge in [0.15, 0.2) is 0 Å². The van der Waals surface area contributed by atoms with E-state index in [4.69, 9.17) is 0 Å². The molecule has 0 unspecified atom stereocenters. The normalized spacial score (nSPS) is 11.7. The van der Waals surface area contributed by atoms with Gasteiger partial charge in [0, 0.05) is 0 Å². The number of hydrogen-bond donors (Lipinski definition) is 0. The zero-order valence-corrected chi connectivity index (χ0v) is 17.1. The zero-order chi connectivity index (χ0) is 16.8. The van der Waals surface area contributed by atoms with Crippen LogP contribution in [0, 0.1) is 10.8 Å². The fraction of sp³-hybridized carbons (Fsp3) is 0.750. The molecule has 5 heteroatoms. The van der Waals surface area contributed by atoms with Crippen molar-refractivity contribution in [3.63, 3.8) is 0 Å². The predicted octanol–water partition coefficient (Wildman–Crippen LogP) is 3.05. The Morgan fingerprint density at radius 3 is 1.19 bits per heavy atom. The van der Waals surface area contributed by atoms with Crippen molar-refractivity contribution in [1.82, 2.24) is 0 Å². The van der Waals surface area contributed by atoms with E-state index in [-0.39, 0.29) is 36.0 Å². The first-order chi connectivity index (χ1) is 9.34. The summed E-state index contributed by atoms with van der Waals surface area (Å²) in [7, 11) is 0. The molecule has 0 amide bonds. The van der Waals surface area contributed by atoms with Gasteiger partial charge in [-0.1, -0.05) is 0 Å². The molecule has 0 aliphatic heterocycles. The molecule has 0 fully saturated rings. The summed E-state index contributed by atoms with van der Waals surface area (Å²) >= 11 is -1.31. The molecule has 0 aliphatic rings. The number of ketones is 4. The molecule has 21 heavy (non-hydrogen) atoms. The second kappa shape index (κ2) is 8.07. The number of carbonyl (C=O) groups is 4. The van der Waals surface area contributed by atoms with Gasteiger partial charge in [-0.05, 0) is 0 Å². The molecule has 0 atom stereocenters. The summed E-state index contributed by atoms with van der Waals surface area (Å²) in [6, 6.07) is 0. The Labute approximate surface area is 135 Å². The van der Waals surface area contributed by atoms with E-state index in [0.29, 0.717) is 10.0 Å². The Morgan fingerprint density at radius 1 is 0.667 bits per heavy atom. The quantitative estimate of drug-likeness (QED) is 0.500. The average molecular weight is 348 g/mol. The van der Waals surface area contributed by atoms with E-state index < -0.39 is 28.0 Å². The Bertz CT molecular complexity index is 385. The summed E-state index contributed by atoms with van der Waals surface area (Å²) in [6.07, 6.45) is -0.0479. The van der Waals surface area contributed by atoms with Crippen LogP contribution >= 0.6 is 0 Å². The van der Waals surface area contributed by atoms with E-state index in [0.717, 1.165) is 0 Å². The monoisotopic (exact) mass is 346 g/mol. The van der Waals surface area contributed by atoms with Crippen molar-refractivity contribution in [2.45, 2.75) is 64.4 Å². The maximum atomic E-state index is 11.7. The minimum absolute atomic E-state index is 0.0239. The van der Waals surface area contributed by atoms with E-state index in [1.54, 1.807) is 41.5 Å². The molecule has 0 saturated carbocycles. The molecule has 0 aromatic heterocycles. The summed E-state index contributed by atoms with van der Waals surface area (Å²) in [5.74, 6) is -0.206. The first kappa shape index (κ1) is 20.3.